The van der Waals surface area contributed by atoms with Crippen molar-refractivity contribution in [2.75, 3.05) is 50.0 Å². The average molecular weight is 582 g/mol. The summed E-state index contributed by atoms with van der Waals surface area (Å²) in [7, 11) is -3.72. The van der Waals surface area contributed by atoms with Gasteiger partial charge in [-0.15, -0.1) is 0 Å². The van der Waals surface area contributed by atoms with Gasteiger partial charge in [-0.25, -0.2) is 13.4 Å². The number of morpholine rings is 1. The van der Waals surface area contributed by atoms with Crippen molar-refractivity contribution in [1.82, 2.24) is 15.2 Å². The average Bonchev–Trinajstić information content (AvgIpc) is 3.78. The van der Waals surface area contributed by atoms with Crippen molar-refractivity contribution in [3.05, 3.63) is 41.6 Å². The molecule has 1 aliphatic carbocycles. The van der Waals surface area contributed by atoms with Crippen LogP contribution in [0.15, 0.2) is 35.4 Å². The molecule has 3 fully saturated rings. The number of ether oxygens (including phenoxy) is 1. The van der Waals surface area contributed by atoms with Gasteiger partial charge >= 0.3 is 6.18 Å². The number of alkyl halides is 3. The molecule has 40 heavy (non-hydrogen) atoms. The number of amides is 1. The molecular formula is C27H34F3N5O4S. The standard InChI is InChI=1S/C27H34F3N5O4S/c28-27(29,30)21-16-33-24(15-23(21)32-9-3-12-35-11-2-1-4-25(35)36)34-22-8-7-19(14-20(22)18-5-6-18)40(37,38)26-17-31-10-13-39-26/h7-8,14-16,18,26,31H,1-6,9-13,17H2,(H2,32,33,34). The number of hydrogen-bond acceptors (Lipinski definition) is 8. The van der Waals surface area contributed by atoms with E-state index in [1.807, 2.05) is 0 Å². The van der Waals surface area contributed by atoms with Crippen LogP contribution < -0.4 is 16.0 Å². The molecular weight excluding hydrogens is 547 g/mol. The first-order valence-electron chi connectivity index (χ1n) is 13.7. The number of carbonyl (C=O) groups excluding carboxylic acids is 1. The lowest BCUT2D eigenvalue weighted by Crippen LogP contribution is -2.43. The van der Waals surface area contributed by atoms with E-state index in [2.05, 4.69) is 20.9 Å². The van der Waals surface area contributed by atoms with E-state index in [0.717, 1.165) is 37.4 Å². The Morgan fingerprint density at radius 1 is 1.15 bits per heavy atom. The van der Waals surface area contributed by atoms with E-state index in [9.17, 15) is 26.4 Å². The summed E-state index contributed by atoms with van der Waals surface area (Å²) in [6.07, 6.45) is 0.839. The highest BCUT2D eigenvalue weighted by Crippen LogP contribution is 2.45. The Balaban J connectivity index is 1.32. The van der Waals surface area contributed by atoms with E-state index in [0.29, 0.717) is 44.8 Å². The zero-order chi connectivity index (χ0) is 28.3. The molecule has 1 amide bonds. The summed E-state index contributed by atoms with van der Waals surface area (Å²) in [4.78, 5) is 17.9. The number of hydrogen-bond donors (Lipinski definition) is 3. The van der Waals surface area contributed by atoms with Gasteiger partial charge in [0.25, 0.3) is 0 Å². The molecule has 0 bridgehead atoms. The number of aromatic nitrogens is 1. The second-order valence-corrected chi connectivity index (χ2v) is 12.5. The smallest absolute Gasteiger partial charge is 0.384 e. The summed E-state index contributed by atoms with van der Waals surface area (Å²) in [6, 6.07) is 6.09. The van der Waals surface area contributed by atoms with Gasteiger partial charge in [0.05, 0.1) is 22.8 Å². The normalized spacial score (nSPS) is 20.4. The maximum atomic E-state index is 13.7. The third kappa shape index (κ3) is 6.69. The number of benzene rings is 1. The number of sulfone groups is 1. The molecule has 2 aromatic rings. The monoisotopic (exact) mass is 581 g/mol. The highest BCUT2D eigenvalue weighted by Gasteiger charge is 2.35. The fraction of sp³-hybridized carbons (Fsp3) is 0.556. The van der Waals surface area contributed by atoms with Crippen LogP contribution in [0.3, 0.4) is 0 Å². The van der Waals surface area contributed by atoms with E-state index < -0.39 is 27.0 Å². The summed E-state index contributed by atoms with van der Waals surface area (Å²) in [5.74, 6) is 0.456. The van der Waals surface area contributed by atoms with Crippen molar-refractivity contribution in [1.29, 1.82) is 0 Å². The third-order valence-electron chi connectivity index (χ3n) is 7.42. The number of rotatable bonds is 10. The van der Waals surface area contributed by atoms with E-state index >= 15 is 0 Å². The van der Waals surface area contributed by atoms with Crippen LogP contribution in [0, 0.1) is 0 Å². The van der Waals surface area contributed by atoms with Crippen molar-refractivity contribution in [3.63, 3.8) is 0 Å². The van der Waals surface area contributed by atoms with Gasteiger partial charge in [-0.2, -0.15) is 13.2 Å². The minimum Gasteiger partial charge on any atom is -0.384 e. The number of pyridine rings is 1. The molecule has 218 valence electrons. The number of nitrogens with one attached hydrogen (secondary N) is 3. The molecule has 13 heteroatoms. The Bertz CT molecular complexity index is 1330. The Morgan fingerprint density at radius 3 is 2.67 bits per heavy atom. The minimum atomic E-state index is -4.60. The van der Waals surface area contributed by atoms with Gasteiger partial charge in [-0.3, -0.25) is 4.79 Å². The number of anilines is 3. The number of carbonyl (C=O) groups is 1. The number of likely N-dealkylation sites (tertiary alicyclic amines) is 1. The van der Waals surface area contributed by atoms with Crippen LogP contribution in [0.5, 0.6) is 0 Å². The van der Waals surface area contributed by atoms with Crippen molar-refractivity contribution < 1.29 is 31.1 Å². The quantitative estimate of drug-likeness (QED) is 0.357. The highest BCUT2D eigenvalue weighted by molar-refractivity contribution is 7.92. The van der Waals surface area contributed by atoms with Crippen LogP contribution >= 0.6 is 0 Å². The lowest BCUT2D eigenvalue weighted by Gasteiger charge is -2.26. The summed E-state index contributed by atoms with van der Waals surface area (Å²) in [6.45, 7) is 2.55. The minimum absolute atomic E-state index is 0.0887. The van der Waals surface area contributed by atoms with E-state index in [1.54, 1.807) is 17.0 Å². The Morgan fingerprint density at radius 2 is 1.98 bits per heavy atom. The van der Waals surface area contributed by atoms with Gasteiger partial charge in [0.1, 0.15) is 5.82 Å². The summed E-state index contributed by atoms with van der Waals surface area (Å²) in [5, 5.41) is 9.02. The largest absolute Gasteiger partial charge is 0.419 e. The zero-order valence-electron chi connectivity index (χ0n) is 22.1. The van der Waals surface area contributed by atoms with Crippen LogP contribution in [-0.2, 0) is 25.5 Å². The van der Waals surface area contributed by atoms with Gasteiger partial charge in [0, 0.05) is 57.1 Å². The first-order chi connectivity index (χ1) is 19.1. The molecule has 1 atom stereocenters. The second kappa shape index (κ2) is 11.9. The van der Waals surface area contributed by atoms with Gasteiger partial charge in [0.15, 0.2) is 5.44 Å². The molecule has 1 unspecified atom stereocenters. The summed E-state index contributed by atoms with van der Waals surface area (Å²) in [5.41, 5.74) is -0.565. The van der Waals surface area contributed by atoms with E-state index in [4.69, 9.17) is 4.74 Å². The molecule has 0 radical (unpaired) electrons. The summed E-state index contributed by atoms with van der Waals surface area (Å²) < 4.78 is 72.9. The number of halogens is 3. The summed E-state index contributed by atoms with van der Waals surface area (Å²) >= 11 is 0. The third-order valence-corrected chi connectivity index (χ3v) is 9.33. The molecule has 1 aromatic carbocycles. The van der Waals surface area contributed by atoms with Gasteiger partial charge in [-0.05, 0) is 61.8 Å². The zero-order valence-corrected chi connectivity index (χ0v) is 22.9. The van der Waals surface area contributed by atoms with Gasteiger partial charge in [-0.1, -0.05) is 0 Å². The fourth-order valence-electron chi connectivity index (χ4n) is 5.08. The first-order valence-corrected chi connectivity index (χ1v) is 15.2. The molecule has 2 saturated heterocycles. The van der Waals surface area contributed by atoms with Crippen molar-refractivity contribution in [3.8, 4) is 0 Å². The number of piperidine rings is 1. The Kier molecular flexibility index (Phi) is 8.52. The predicted octanol–water partition coefficient (Wildman–Crippen LogP) is 4.26. The molecule has 2 aliphatic heterocycles. The van der Waals surface area contributed by atoms with Crippen LogP contribution in [-0.4, -0.2) is 69.0 Å². The maximum absolute atomic E-state index is 13.7. The maximum Gasteiger partial charge on any atom is 0.419 e. The van der Waals surface area contributed by atoms with Crippen LogP contribution in [0.25, 0.3) is 0 Å². The Labute approximate surface area is 231 Å². The highest BCUT2D eigenvalue weighted by atomic mass is 32.2. The molecule has 3 heterocycles. The molecule has 3 aliphatic rings. The fourth-order valence-corrected chi connectivity index (χ4v) is 6.55. The lowest BCUT2D eigenvalue weighted by atomic mass is 10.1. The molecule has 0 spiro atoms. The van der Waals surface area contributed by atoms with Crippen LogP contribution in [0.4, 0.5) is 30.4 Å². The Hall–Kier alpha value is -2.90. The van der Waals surface area contributed by atoms with Crippen molar-refractivity contribution in [2.45, 2.75) is 61.0 Å². The van der Waals surface area contributed by atoms with Crippen LogP contribution in [0.2, 0.25) is 0 Å². The van der Waals surface area contributed by atoms with Gasteiger partial charge in [0.2, 0.25) is 15.7 Å². The first kappa shape index (κ1) is 28.6. The van der Waals surface area contributed by atoms with Gasteiger partial charge < -0.3 is 25.6 Å². The molecule has 1 saturated carbocycles. The van der Waals surface area contributed by atoms with Crippen LogP contribution in [0.1, 0.15) is 55.6 Å². The second-order valence-electron chi connectivity index (χ2n) is 10.4. The molecule has 1 aromatic heterocycles. The van der Waals surface area contributed by atoms with E-state index in [1.165, 1.54) is 12.1 Å². The topological polar surface area (TPSA) is 113 Å². The van der Waals surface area contributed by atoms with E-state index in [-0.39, 0.29) is 41.3 Å². The number of nitrogens with zero attached hydrogens (tertiary/aromatic N) is 2. The molecule has 9 nitrogen and oxygen atoms in total. The van der Waals surface area contributed by atoms with Crippen molar-refractivity contribution in [2.24, 2.45) is 0 Å². The SMILES string of the molecule is O=C1CCCCN1CCCNc1cc(Nc2ccc(S(=O)(=O)C3CNCCO3)cc2C2CC2)ncc1C(F)(F)F. The molecule has 5 rings (SSSR count). The van der Waals surface area contributed by atoms with Crippen molar-refractivity contribution >= 4 is 32.9 Å². The lowest BCUT2D eigenvalue weighted by molar-refractivity contribution is -0.137. The predicted molar refractivity (Wildman–Crippen MR) is 144 cm³/mol. The molecule has 3 N–H and O–H groups in total.